The fraction of sp³-hybridized carbons (Fsp3) is 0.700. The van der Waals surface area contributed by atoms with Crippen LogP contribution >= 0.6 is 23.2 Å². The molecule has 20 nitrogen and oxygen atoms in total. The second kappa shape index (κ2) is 23.9. The van der Waals surface area contributed by atoms with Crippen molar-refractivity contribution in [2.75, 3.05) is 73.1 Å². The zero-order valence-electron chi connectivity index (χ0n) is 36.0. The van der Waals surface area contributed by atoms with E-state index in [1.165, 1.54) is 0 Å². The largest absolute Gasteiger partial charge is 0.465 e. The molecule has 4 fully saturated rings. The van der Waals surface area contributed by atoms with E-state index >= 15 is 8.78 Å². The van der Waals surface area contributed by atoms with Gasteiger partial charge in [-0.25, -0.2) is 9.59 Å². The van der Waals surface area contributed by atoms with Gasteiger partial charge in [0, 0.05) is 64.3 Å². The zero-order chi connectivity index (χ0) is 46.5. The Morgan fingerprint density at radius 2 is 1.00 bits per heavy atom. The van der Waals surface area contributed by atoms with Crippen molar-refractivity contribution >= 4 is 70.5 Å². The van der Waals surface area contributed by atoms with Crippen LogP contribution in [0.15, 0.2) is 0 Å². The summed E-state index contributed by atoms with van der Waals surface area (Å²) in [6, 6.07) is 0. The highest BCUT2D eigenvalue weighted by molar-refractivity contribution is 6.28. The number of aromatic nitrogens is 4. The number of aliphatic hydroxyl groups is 2. The van der Waals surface area contributed by atoms with Crippen LogP contribution in [0.5, 0.6) is 0 Å². The van der Waals surface area contributed by atoms with E-state index in [0.717, 1.165) is 51.4 Å². The van der Waals surface area contributed by atoms with Gasteiger partial charge in [-0.15, -0.1) is 0 Å². The highest BCUT2D eigenvalue weighted by Crippen LogP contribution is 2.34. The van der Waals surface area contributed by atoms with Crippen LogP contribution < -0.4 is 42.1 Å². The van der Waals surface area contributed by atoms with Gasteiger partial charge in [-0.2, -0.15) is 28.7 Å². The van der Waals surface area contributed by atoms with Gasteiger partial charge in [0.15, 0.2) is 23.3 Å². The van der Waals surface area contributed by atoms with Crippen LogP contribution in [0.25, 0.3) is 0 Å². The van der Waals surface area contributed by atoms with Gasteiger partial charge in [0.25, 0.3) is 0 Å². The lowest BCUT2D eigenvalue weighted by molar-refractivity contribution is -0.125. The molecule has 2 saturated carbocycles. The average molecular weight is 946 g/mol. The van der Waals surface area contributed by atoms with Crippen LogP contribution in [0.4, 0.5) is 41.6 Å². The van der Waals surface area contributed by atoms with Crippen molar-refractivity contribution in [2.45, 2.75) is 78.1 Å². The van der Waals surface area contributed by atoms with E-state index in [1.54, 1.807) is 9.80 Å². The molecule has 10 N–H and O–H groups in total. The number of anilines is 4. The summed E-state index contributed by atoms with van der Waals surface area (Å²) >= 11 is 12.0. The number of nitrogens with one attached hydrogen (secondary N) is 6. The summed E-state index contributed by atoms with van der Waals surface area (Å²) < 4.78 is 30.2. The van der Waals surface area contributed by atoms with Crippen LogP contribution in [0.2, 0.25) is 10.6 Å². The number of amides is 4. The topological polar surface area (TPSA) is 279 Å². The number of hydrazine groups is 2. The number of carbonyl (C=O) groups excluding carboxylic acids is 2. The Hall–Kier alpha value is -4.80. The van der Waals surface area contributed by atoms with Gasteiger partial charge >= 0.3 is 12.2 Å². The summed E-state index contributed by atoms with van der Waals surface area (Å²) in [5.41, 5.74) is 9.86. The van der Waals surface area contributed by atoms with E-state index in [2.05, 4.69) is 52.3 Å². The number of hydrogen-bond acceptors (Lipinski definition) is 14. The van der Waals surface area contributed by atoms with Crippen molar-refractivity contribution in [3.05, 3.63) is 22.2 Å². The number of rotatable bonds is 18. The third kappa shape index (κ3) is 14.1. The highest BCUT2D eigenvalue weighted by atomic mass is 35.5. The van der Waals surface area contributed by atoms with Crippen molar-refractivity contribution in [1.82, 2.24) is 41.4 Å². The summed E-state index contributed by atoms with van der Waals surface area (Å²) in [5, 5.41) is 40.9. The van der Waals surface area contributed by atoms with Crippen molar-refractivity contribution < 1.29 is 48.4 Å². The highest BCUT2D eigenvalue weighted by Gasteiger charge is 2.35. The summed E-state index contributed by atoms with van der Waals surface area (Å²) in [4.78, 5) is 66.3. The molecule has 2 aromatic heterocycles. The number of nitrogens with zero attached hydrogens (tertiary/aromatic N) is 6. The molecule has 4 amide bonds. The van der Waals surface area contributed by atoms with Crippen molar-refractivity contribution in [2.24, 2.45) is 47.3 Å². The van der Waals surface area contributed by atoms with Crippen LogP contribution in [0.1, 0.15) is 78.1 Å². The van der Waals surface area contributed by atoms with Crippen LogP contribution in [0, 0.1) is 59.0 Å². The molecule has 6 atom stereocenters. The fourth-order valence-electron chi connectivity index (χ4n) is 9.02. The molecule has 2 aromatic rings. The van der Waals surface area contributed by atoms with Gasteiger partial charge in [0.1, 0.15) is 0 Å². The summed E-state index contributed by atoms with van der Waals surface area (Å²) in [5.74, 6) is -3.21. The number of halogens is 4. The van der Waals surface area contributed by atoms with Gasteiger partial charge in [-0.05, 0) is 59.7 Å². The van der Waals surface area contributed by atoms with E-state index in [-0.39, 0.29) is 83.8 Å². The summed E-state index contributed by atoms with van der Waals surface area (Å²) in [6.45, 7) is 5.72. The predicted octanol–water partition coefficient (Wildman–Crippen LogP) is 4.48. The van der Waals surface area contributed by atoms with Gasteiger partial charge < -0.3 is 40.9 Å². The molecule has 0 radical (unpaired) electrons. The molecule has 0 spiro atoms. The van der Waals surface area contributed by atoms with Crippen LogP contribution in [0.3, 0.4) is 0 Å². The molecule has 2 saturated heterocycles. The Bertz CT molecular complexity index is 1780. The van der Waals surface area contributed by atoms with E-state index in [0.29, 0.717) is 50.9 Å². The fourth-order valence-corrected chi connectivity index (χ4v) is 9.35. The third-order valence-corrected chi connectivity index (χ3v) is 13.1. The lowest BCUT2D eigenvalue weighted by Gasteiger charge is -2.22. The molecule has 0 aromatic carbocycles. The van der Waals surface area contributed by atoms with Gasteiger partial charge in [-0.1, -0.05) is 65.2 Å². The SMILES string of the molecule is C[C@H]1CN(c2nc(Cl)nc(NNC(=O)[C@@H](CNC(=O)O)CC3CCCC3)c2F)C[C@@H]1CO.C[C@H]1CN(c2nc(Cl)nc(NNC(=O)[C@@H](CNC(=O)O)CC3CCCC3)c2F)C[C@@H]1CO. The number of hydrogen-bond donors (Lipinski definition) is 10. The Balaban J connectivity index is 0.000000241. The van der Waals surface area contributed by atoms with Crippen molar-refractivity contribution in [1.29, 1.82) is 0 Å². The molecule has 0 unspecified atom stereocenters. The molecule has 64 heavy (non-hydrogen) atoms. The Morgan fingerprint density at radius 1 is 0.641 bits per heavy atom. The molecule has 4 aliphatic rings. The molecule has 24 heteroatoms. The molecule has 2 aliphatic carbocycles. The van der Waals surface area contributed by atoms with Gasteiger partial charge in [0.05, 0.1) is 11.8 Å². The Morgan fingerprint density at radius 3 is 1.31 bits per heavy atom. The maximum absolute atomic E-state index is 15.1. The van der Waals surface area contributed by atoms with Crippen LogP contribution in [-0.4, -0.2) is 117 Å². The second-order valence-electron chi connectivity index (χ2n) is 17.4. The van der Waals surface area contributed by atoms with Crippen molar-refractivity contribution in [3.8, 4) is 0 Å². The van der Waals surface area contributed by atoms with E-state index < -0.39 is 47.5 Å². The smallest absolute Gasteiger partial charge is 0.404 e. The number of carboxylic acid groups (broad SMARTS) is 2. The van der Waals surface area contributed by atoms with Gasteiger partial charge in [0.2, 0.25) is 34.0 Å². The third-order valence-electron chi connectivity index (χ3n) is 12.8. The zero-order valence-corrected chi connectivity index (χ0v) is 37.5. The first-order valence-electron chi connectivity index (χ1n) is 21.8. The molecule has 0 bridgehead atoms. The summed E-state index contributed by atoms with van der Waals surface area (Å²) in [6.07, 6.45) is 7.10. The maximum Gasteiger partial charge on any atom is 0.404 e. The molecule has 4 heterocycles. The first kappa shape index (κ1) is 50.2. The monoisotopic (exact) mass is 944 g/mol. The minimum atomic E-state index is -1.21. The van der Waals surface area contributed by atoms with Crippen LogP contribution in [-0.2, 0) is 9.59 Å². The number of carbonyl (C=O) groups is 4. The maximum atomic E-state index is 15.1. The molecule has 2 aliphatic heterocycles. The first-order valence-corrected chi connectivity index (χ1v) is 22.5. The van der Waals surface area contributed by atoms with E-state index in [4.69, 9.17) is 33.4 Å². The minimum Gasteiger partial charge on any atom is -0.465 e. The lowest BCUT2D eigenvalue weighted by Crippen LogP contribution is -2.42. The Kier molecular flexibility index (Phi) is 18.8. The number of aliphatic hydroxyl groups excluding tert-OH is 2. The standard InChI is InChI=1S/2C20H30ClFN6O4/c2*1-11-8-28(9-14(11)10-29)17-15(22)16(24-19(21)25-17)26-27-18(30)13(7-23-20(31)32)6-12-4-2-3-5-12/h2*11-14,23,29H,2-10H2,1H3,(H,27,30)(H,31,32)(H,24,25,26)/t2*11-,13+,14+/m00/s1. The molecular formula is C40H60Cl2F2N12O8. The quantitative estimate of drug-likeness (QED) is 0.0729. The van der Waals surface area contributed by atoms with E-state index in [9.17, 15) is 29.4 Å². The minimum absolute atomic E-state index is 0.000372. The first-order chi connectivity index (χ1) is 30.6. The molecule has 6 rings (SSSR count). The average Bonchev–Trinajstić information content (AvgIpc) is 4.10. The normalized spacial score (nSPS) is 22.1. The van der Waals surface area contributed by atoms with Gasteiger partial charge in [-0.3, -0.25) is 31.3 Å². The molecule has 356 valence electrons. The second-order valence-corrected chi connectivity index (χ2v) is 18.1. The predicted molar refractivity (Wildman–Crippen MR) is 234 cm³/mol. The van der Waals surface area contributed by atoms with Crippen molar-refractivity contribution in [3.63, 3.8) is 0 Å². The Labute approximate surface area is 380 Å². The lowest BCUT2D eigenvalue weighted by atomic mass is 9.92. The molecular weight excluding hydrogens is 885 g/mol. The summed E-state index contributed by atoms with van der Waals surface area (Å²) in [7, 11) is 0. The van der Waals surface area contributed by atoms with E-state index in [1.807, 2.05) is 13.8 Å².